The smallest absolute Gasteiger partial charge is 0.306 e. The second-order valence-corrected chi connectivity index (χ2v) is 17.5. The first-order valence-electron chi connectivity index (χ1n) is 25.5. The van der Waals surface area contributed by atoms with Crippen LogP contribution in [-0.2, 0) is 28.6 Å². The summed E-state index contributed by atoms with van der Waals surface area (Å²) in [6.45, 7) is 6.63. The van der Waals surface area contributed by atoms with Crippen LogP contribution >= 0.6 is 0 Å². The normalized spacial score (nSPS) is 11.8. The third-order valence-corrected chi connectivity index (χ3v) is 11.6. The molecule has 0 rings (SSSR count). The molecule has 57 heavy (non-hydrogen) atoms. The lowest BCUT2D eigenvalue weighted by Crippen LogP contribution is -2.30. The van der Waals surface area contributed by atoms with Crippen molar-refractivity contribution >= 4 is 17.9 Å². The SMILES string of the molecule is CCCCCCCCCCCCCCCCCCCCCCC(=O)OCC(COC(=O)CCCCCCCCC)OC(=O)CCCCCCCCCCCCCC. The Morgan fingerprint density at radius 1 is 0.281 bits per heavy atom. The maximum atomic E-state index is 12.7. The van der Waals surface area contributed by atoms with Crippen LogP contribution in [0, 0.1) is 0 Å². The molecule has 0 aromatic heterocycles. The zero-order chi connectivity index (χ0) is 41.5. The van der Waals surface area contributed by atoms with E-state index >= 15 is 0 Å². The molecule has 338 valence electrons. The predicted molar refractivity (Wildman–Crippen MR) is 243 cm³/mol. The minimum absolute atomic E-state index is 0.0626. The third-order valence-electron chi connectivity index (χ3n) is 11.6. The van der Waals surface area contributed by atoms with Gasteiger partial charge >= 0.3 is 17.9 Å². The zero-order valence-corrected chi connectivity index (χ0v) is 38.6. The largest absolute Gasteiger partial charge is 0.462 e. The summed E-state index contributed by atoms with van der Waals surface area (Å²) in [4.78, 5) is 37.7. The molecule has 0 radical (unpaired) electrons. The van der Waals surface area contributed by atoms with E-state index in [4.69, 9.17) is 14.2 Å². The number of hydrogen-bond donors (Lipinski definition) is 0. The second-order valence-electron chi connectivity index (χ2n) is 17.5. The quantitative estimate of drug-likeness (QED) is 0.0346. The number of unbranched alkanes of at least 4 members (excludes halogenated alkanes) is 36. The molecule has 6 nitrogen and oxygen atoms in total. The highest BCUT2D eigenvalue weighted by molar-refractivity contribution is 5.71. The maximum absolute atomic E-state index is 12.7. The van der Waals surface area contributed by atoms with Crippen LogP contribution in [-0.4, -0.2) is 37.2 Å². The Bertz CT molecular complexity index is 844. The lowest BCUT2D eigenvalue weighted by molar-refractivity contribution is -0.167. The summed E-state index contributed by atoms with van der Waals surface area (Å²) in [5, 5.41) is 0. The fraction of sp³-hybridized carbons (Fsp3) is 0.941. The monoisotopic (exact) mass is 807 g/mol. The van der Waals surface area contributed by atoms with Crippen molar-refractivity contribution in [1.29, 1.82) is 0 Å². The van der Waals surface area contributed by atoms with E-state index in [1.165, 1.54) is 193 Å². The number of carbonyl (C=O) groups is 3. The Balaban J connectivity index is 4.13. The van der Waals surface area contributed by atoms with Crippen molar-refractivity contribution in [3.05, 3.63) is 0 Å². The van der Waals surface area contributed by atoms with E-state index in [2.05, 4.69) is 20.8 Å². The molecule has 0 bridgehead atoms. The molecule has 0 aromatic rings. The molecule has 0 saturated carbocycles. The molecule has 0 aliphatic rings. The van der Waals surface area contributed by atoms with Crippen molar-refractivity contribution in [3.8, 4) is 0 Å². The third kappa shape index (κ3) is 45.3. The highest BCUT2D eigenvalue weighted by Crippen LogP contribution is 2.17. The Labute approximate surface area is 355 Å². The van der Waals surface area contributed by atoms with E-state index in [0.717, 1.165) is 57.8 Å². The van der Waals surface area contributed by atoms with Gasteiger partial charge in [0.15, 0.2) is 6.10 Å². The summed E-state index contributed by atoms with van der Waals surface area (Å²) >= 11 is 0. The molecular formula is C51H98O6. The molecular weight excluding hydrogens is 709 g/mol. The Kier molecular flexibility index (Phi) is 45.8. The first-order valence-corrected chi connectivity index (χ1v) is 25.5. The Hall–Kier alpha value is -1.59. The van der Waals surface area contributed by atoms with Gasteiger partial charge < -0.3 is 14.2 Å². The van der Waals surface area contributed by atoms with Crippen molar-refractivity contribution < 1.29 is 28.6 Å². The molecule has 0 aromatic carbocycles. The fourth-order valence-corrected chi connectivity index (χ4v) is 7.74. The van der Waals surface area contributed by atoms with Crippen LogP contribution in [0.1, 0.15) is 290 Å². The van der Waals surface area contributed by atoms with E-state index in [-0.39, 0.29) is 31.1 Å². The molecule has 1 atom stereocenters. The van der Waals surface area contributed by atoms with Crippen molar-refractivity contribution in [2.75, 3.05) is 13.2 Å². The van der Waals surface area contributed by atoms with Crippen LogP contribution in [0.4, 0.5) is 0 Å². The Morgan fingerprint density at radius 2 is 0.474 bits per heavy atom. The van der Waals surface area contributed by atoms with Gasteiger partial charge in [0.05, 0.1) is 0 Å². The van der Waals surface area contributed by atoms with Gasteiger partial charge in [0.25, 0.3) is 0 Å². The topological polar surface area (TPSA) is 78.9 Å². The second kappa shape index (κ2) is 47.1. The van der Waals surface area contributed by atoms with Gasteiger partial charge in [-0.2, -0.15) is 0 Å². The average molecular weight is 807 g/mol. The lowest BCUT2D eigenvalue weighted by atomic mass is 10.0. The summed E-state index contributed by atoms with van der Waals surface area (Å²) in [6.07, 6.45) is 49.6. The van der Waals surface area contributed by atoms with Crippen molar-refractivity contribution in [3.63, 3.8) is 0 Å². The summed E-state index contributed by atoms with van der Waals surface area (Å²) in [7, 11) is 0. The predicted octanol–water partition coefficient (Wildman–Crippen LogP) is 16.4. The number of esters is 3. The van der Waals surface area contributed by atoms with Crippen molar-refractivity contribution in [2.45, 2.75) is 297 Å². The van der Waals surface area contributed by atoms with Crippen LogP contribution in [0.3, 0.4) is 0 Å². The summed E-state index contributed by atoms with van der Waals surface area (Å²) in [5.41, 5.74) is 0. The number of carbonyl (C=O) groups excluding carboxylic acids is 3. The van der Waals surface area contributed by atoms with Crippen LogP contribution in [0.25, 0.3) is 0 Å². The van der Waals surface area contributed by atoms with Gasteiger partial charge in [-0.15, -0.1) is 0 Å². The van der Waals surface area contributed by atoms with Gasteiger partial charge in [0, 0.05) is 19.3 Å². The average Bonchev–Trinajstić information content (AvgIpc) is 3.21. The highest BCUT2D eigenvalue weighted by Gasteiger charge is 2.19. The molecule has 0 aliphatic carbocycles. The lowest BCUT2D eigenvalue weighted by Gasteiger charge is -2.18. The van der Waals surface area contributed by atoms with Gasteiger partial charge in [0.2, 0.25) is 0 Å². The molecule has 0 spiro atoms. The van der Waals surface area contributed by atoms with Gasteiger partial charge in [-0.25, -0.2) is 0 Å². The van der Waals surface area contributed by atoms with Crippen LogP contribution in [0.5, 0.6) is 0 Å². The van der Waals surface area contributed by atoms with Gasteiger partial charge in [-0.05, 0) is 19.3 Å². The molecule has 0 fully saturated rings. The molecule has 1 unspecified atom stereocenters. The van der Waals surface area contributed by atoms with E-state index in [1.54, 1.807) is 0 Å². The van der Waals surface area contributed by atoms with Crippen LogP contribution < -0.4 is 0 Å². The molecule has 0 N–H and O–H groups in total. The highest BCUT2D eigenvalue weighted by atomic mass is 16.6. The van der Waals surface area contributed by atoms with E-state index < -0.39 is 6.10 Å². The molecule has 6 heteroatoms. The first kappa shape index (κ1) is 55.4. The molecule has 0 amide bonds. The Morgan fingerprint density at radius 3 is 0.702 bits per heavy atom. The zero-order valence-electron chi connectivity index (χ0n) is 38.6. The van der Waals surface area contributed by atoms with E-state index in [1.807, 2.05) is 0 Å². The molecule has 0 aliphatic heterocycles. The summed E-state index contributed by atoms with van der Waals surface area (Å²) in [6, 6.07) is 0. The minimum Gasteiger partial charge on any atom is -0.462 e. The van der Waals surface area contributed by atoms with E-state index in [0.29, 0.717) is 19.3 Å². The standard InChI is InChI=1S/C51H98O6/c1-4-7-10-13-16-18-20-22-23-24-25-26-27-28-29-31-32-35-38-41-44-50(53)56-47-48(46-55-49(52)43-40-37-34-15-12-9-6-3)57-51(54)45-42-39-36-33-30-21-19-17-14-11-8-5-2/h48H,4-47H2,1-3H3. The van der Waals surface area contributed by atoms with Crippen molar-refractivity contribution in [2.24, 2.45) is 0 Å². The summed E-state index contributed by atoms with van der Waals surface area (Å²) in [5.74, 6) is -0.851. The first-order chi connectivity index (χ1) is 28.0. The fourth-order valence-electron chi connectivity index (χ4n) is 7.74. The van der Waals surface area contributed by atoms with E-state index in [9.17, 15) is 14.4 Å². The molecule has 0 heterocycles. The summed E-state index contributed by atoms with van der Waals surface area (Å²) < 4.78 is 16.7. The minimum atomic E-state index is -0.758. The van der Waals surface area contributed by atoms with Crippen LogP contribution in [0.15, 0.2) is 0 Å². The number of rotatable bonds is 47. The van der Waals surface area contributed by atoms with Gasteiger partial charge in [-0.3, -0.25) is 14.4 Å². The number of hydrogen-bond acceptors (Lipinski definition) is 6. The van der Waals surface area contributed by atoms with Crippen LogP contribution in [0.2, 0.25) is 0 Å². The number of ether oxygens (including phenoxy) is 3. The van der Waals surface area contributed by atoms with Gasteiger partial charge in [0.1, 0.15) is 13.2 Å². The molecule has 0 saturated heterocycles. The van der Waals surface area contributed by atoms with Gasteiger partial charge in [-0.1, -0.05) is 252 Å². The maximum Gasteiger partial charge on any atom is 0.306 e. The van der Waals surface area contributed by atoms with Crippen molar-refractivity contribution in [1.82, 2.24) is 0 Å².